The Bertz CT molecular complexity index is 1770. The lowest BCUT2D eigenvalue weighted by molar-refractivity contribution is 0.452. The van der Waals surface area contributed by atoms with Crippen molar-refractivity contribution in [2.45, 2.75) is 18.8 Å². The van der Waals surface area contributed by atoms with Crippen molar-refractivity contribution in [1.29, 1.82) is 0 Å². The molecule has 0 fully saturated rings. The second-order valence-electron chi connectivity index (χ2n) is 10.2. The van der Waals surface area contributed by atoms with Crippen LogP contribution in [0.25, 0.3) is 10.9 Å². The molecular weight excluding hydrogens is 466 g/mol. The van der Waals surface area contributed by atoms with E-state index in [1.807, 2.05) is 24.3 Å². The van der Waals surface area contributed by atoms with Crippen LogP contribution in [0.15, 0.2) is 115 Å². The fourth-order valence-corrected chi connectivity index (χ4v) is 6.33. The number of ether oxygens (including phenoxy) is 2. The highest BCUT2D eigenvalue weighted by Gasteiger charge is 2.32. The Morgan fingerprint density at radius 3 is 1.47 bits per heavy atom. The number of rotatable bonds is 2. The molecule has 0 saturated carbocycles. The number of para-hydroxylation sites is 4. The fraction of sp³-hybridized carbons (Fsp3) is 0.0857. The molecule has 3 nitrogen and oxygen atoms in total. The molecular formula is C35H25NO2. The third kappa shape index (κ3) is 3.08. The van der Waals surface area contributed by atoms with Crippen molar-refractivity contribution in [2.24, 2.45) is 0 Å². The van der Waals surface area contributed by atoms with Gasteiger partial charge in [0.05, 0.1) is 5.92 Å². The largest absolute Gasteiger partial charge is 0.457 e. The van der Waals surface area contributed by atoms with Crippen molar-refractivity contribution in [3.05, 3.63) is 154 Å². The maximum Gasteiger partial charge on any atom is 0.131 e. The summed E-state index contributed by atoms with van der Waals surface area (Å²) in [6.07, 6.45) is 0. The molecule has 0 saturated heterocycles. The first-order valence-corrected chi connectivity index (χ1v) is 13.1. The van der Waals surface area contributed by atoms with Crippen LogP contribution < -0.4 is 9.47 Å². The van der Waals surface area contributed by atoms with Gasteiger partial charge in [0.1, 0.15) is 23.0 Å². The minimum absolute atomic E-state index is 0.0801. The summed E-state index contributed by atoms with van der Waals surface area (Å²) in [5, 5.41) is 1.25. The Morgan fingerprint density at radius 2 is 0.974 bits per heavy atom. The second-order valence-corrected chi connectivity index (χ2v) is 10.2. The molecule has 0 spiro atoms. The summed E-state index contributed by atoms with van der Waals surface area (Å²) in [4.78, 5) is 3.86. The van der Waals surface area contributed by atoms with Crippen molar-refractivity contribution in [3.8, 4) is 23.0 Å². The number of aryl methyl sites for hydroxylation is 1. The highest BCUT2D eigenvalue weighted by atomic mass is 16.5. The highest BCUT2D eigenvalue weighted by molar-refractivity contribution is 5.86. The number of nitrogens with one attached hydrogen (secondary N) is 1. The lowest BCUT2D eigenvalue weighted by Gasteiger charge is -2.28. The number of H-pyrrole nitrogens is 1. The van der Waals surface area contributed by atoms with Crippen LogP contribution in [0.3, 0.4) is 0 Å². The second kappa shape index (κ2) is 8.12. The zero-order chi connectivity index (χ0) is 25.2. The summed E-state index contributed by atoms with van der Waals surface area (Å²) < 4.78 is 12.5. The van der Waals surface area contributed by atoms with E-state index < -0.39 is 0 Å². The molecule has 1 aromatic heterocycles. The summed E-state index contributed by atoms with van der Waals surface area (Å²) in [7, 11) is 0. The summed E-state index contributed by atoms with van der Waals surface area (Å²) >= 11 is 0. The van der Waals surface area contributed by atoms with Crippen LogP contribution in [0.2, 0.25) is 0 Å². The van der Waals surface area contributed by atoms with Crippen molar-refractivity contribution in [3.63, 3.8) is 0 Å². The Labute approximate surface area is 221 Å². The van der Waals surface area contributed by atoms with E-state index in [1.165, 1.54) is 44.5 Å². The molecule has 3 heteroatoms. The Hall–Kier alpha value is -4.76. The van der Waals surface area contributed by atoms with Crippen LogP contribution in [0.1, 0.15) is 50.9 Å². The first-order valence-electron chi connectivity index (χ1n) is 13.1. The Morgan fingerprint density at radius 1 is 0.526 bits per heavy atom. The minimum atomic E-state index is 0.0801. The Balaban J connectivity index is 1.31. The molecule has 1 N–H and O–H groups in total. The molecule has 38 heavy (non-hydrogen) atoms. The molecule has 0 aliphatic carbocycles. The molecule has 182 valence electrons. The van der Waals surface area contributed by atoms with Crippen LogP contribution in [-0.4, -0.2) is 4.98 Å². The van der Waals surface area contributed by atoms with Crippen LogP contribution in [0.5, 0.6) is 23.0 Å². The molecule has 2 aliphatic rings. The van der Waals surface area contributed by atoms with Crippen molar-refractivity contribution >= 4 is 10.9 Å². The zero-order valence-corrected chi connectivity index (χ0v) is 20.9. The molecule has 2 aliphatic heterocycles. The van der Waals surface area contributed by atoms with Gasteiger partial charge in [-0.25, -0.2) is 0 Å². The van der Waals surface area contributed by atoms with E-state index in [1.54, 1.807) is 0 Å². The minimum Gasteiger partial charge on any atom is -0.457 e. The predicted molar refractivity (Wildman–Crippen MR) is 151 cm³/mol. The van der Waals surface area contributed by atoms with Crippen LogP contribution in [0, 0.1) is 6.92 Å². The molecule has 0 unspecified atom stereocenters. The van der Waals surface area contributed by atoms with Gasteiger partial charge in [-0.05, 0) is 48.4 Å². The summed E-state index contributed by atoms with van der Waals surface area (Å²) in [5.74, 6) is 3.88. The zero-order valence-electron chi connectivity index (χ0n) is 20.9. The maximum atomic E-state index is 6.28. The van der Waals surface area contributed by atoms with Crippen LogP contribution in [-0.2, 0) is 0 Å². The number of fused-ring (bicyclic) bond motifs is 5. The lowest BCUT2D eigenvalue weighted by atomic mass is 9.82. The van der Waals surface area contributed by atoms with E-state index in [9.17, 15) is 0 Å². The summed E-state index contributed by atoms with van der Waals surface area (Å²) in [6.45, 7) is 2.23. The van der Waals surface area contributed by atoms with Gasteiger partial charge in [-0.15, -0.1) is 0 Å². The molecule has 6 aromatic rings. The van der Waals surface area contributed by atoms with Crippen LogP contribution in [0.4, 0.5) is 0 Å². The van der Waals surface area contributed by atoms with Crippen molar-refractivity contribution in [2.75, 3.05) is 0 Å². The third-order valence-corrected chi connectivity index (χ3v) is 8.10. The fourth-order valence-electron chi connectivity index (χ4n) is 6.33. The number of aromatic nitrogens is 1. The first kappa shape index (κ1) is 21.3. The molecule has 3 heterocycles. The SMILES string of the molecule is Cc1c(C2c3ccccc3Oc3ccccc32)[nH]c2cc(C3c4ccccc4Oc4ccccc43)ccc12. The summed E-state index contributed by atoms with van der Waals surface area (Å²) in [6, 6.07) is 40.4. The first-order chi connectivity index (χ1) is 18.8. The van der Waals surface area contributed by atoms with E-state index in [0.29, 0.717) is 0 Å². The quantitative estimate of drug-likeness (QED) is 0.262. The van der Waals surface area contributed by atoms with Gasteiger partial charge in [-0.3, -0.25) is 0 Å². The lowest BCUT2D eigenvalue weighted by Crippen LogP contribution is -2.12. The van der Waals surface area contributed by atoms with Gasteiger partial charge in [0.2, 0.25) is 0 Å². The van der Waals surface area contributed by atoms with E-state index in [0.717, 1.165) is 28.5 Å². The molecule has 0 bridgehead atoms. The van der Waals surface area contributed by atoms with E-state index >= 15 is 0 Å². The summed E-state index contributed by atoms with van der Waals surface area (Å²) in [5.41, 5.74) is 9.66. The average Bonchev–Trinajstić information content (AvgIpc) is 3.29. The normalized spacial score (nSPS) is 14.1. The van der Waals surface area contributed by atoms with Crippen molar-refractivity contribution < 1.29 is 9.47 Å². The van der Waals surface area contributed by atoms with E-state index in [-0.39, 0.29) is 11.8 Å². The highest BCUT2D eigenvalue weighted by Crippen LogP contribution is 2.50. The third-order valence-electron chi connectivity index (χ3n) is 8.10. The molecule has 0 atom stereocenters. The van der Waals surface area contributed by atoms with Gasteiger partial charge < -0.3 is 14.5 Å². The predicted octanol–water partition coefficient (Wildman–Crippen LogP) is 9.05. The topological polar surface area (TPSA) is 34.2 Å². The van der Waals surface area contributed by atoms with Gasteiger partial charge in [-0.1, -0.05) is 84.9 Å². The van der Waals surface area contributed by atoms with Gasteiger partial charge in [-0.2, -0.15) is 0 Å². The van der Waals surface area contributed by atoms with Crippen molar-refractivity contribution in [1.82, 2.24) is 4.98 Å². The maximum absolute atomic E-state index is 6.28. The Kier molecular flexibility index (Phi) is 4.56. The number of hydrogen-bond donors (Lipinski definition) is 1. The molecule has 8 rings (SSSR count). The van der Waals surface area contributed by atoms with Crippen LogP contribution >= 0.6 is 0 Å². The number of aromatic amines is 1. The number of benzene rings is 5. The molecule has 5 aromatic carbocycles. The van der Waals surface area contributed by atoms with E-state index in [4.69, 9.17) is 9.47 Å². The van der Waals surface area contributed by atoms with E-state index in [2.05, 4.69) is 103 Å². The van der Waals surface area contributed by atoms with Gasteiger partial charge in [0, 0.05) is 44.8 Å². The average molecular weight is 492 g/mol. The molecule has 0 radical (unpaired) electrons. The monoisotopic (exact) mass is 491 g/mol. The number of hydrogen-bond acceptors (Lipinski definition) is 2. The standard InChI is InChI=1S/C35H25NO2/c1-21-23-19-18-22(33-24-10-2-6-14-29(24)37-30-15-7-3-11-25(30)33)20-28(23)36-35(21)34-26-12-4-8-16-31(26)38-32-17-9-5-13-27(32)34/h2-20,33-34,36H,1H3. The van der Waals surface area contributed by atoms with Gasteiger partial charge in [0.15, 0.2) is 0 Å². The smallest absolute Gasteiger partial charge is 0.131 e. The molecule has 0 amide bonds. The van der Waals surface area contributed by atoms with Gasteiger partial charge in [0.25, 0.3) is 0 Å². The van der Waals surface area contributed by atoms with Gasteiger partial charge >= 0.3 is 0 Å².